The number of carbonyl (C=O) groups is 14. The van der Waals surface area contributed by atoms with Crippen molar-refractivity contribution in [1.82, 2.24) is 102 Å². The molecule has 8 aromatic carbocycles. The number of aryl methyl sites for hydroxylation is 1. The van der Waals surface area contributed by atoms with Crippen LogP contribution in [0.25, 0.3) is 76.3 Å². The third kappa shape index (κ3) is 26.7. The van der Waals surface area contributed by atoms with Crippen LogP contribution in [-0.2, 0) is 0 Å². The maximum atomic E-state index is 12.3. The highest BCUT2D eigenvalue weighted by Gasteiger charge is 2.25. The molecule has 0 saturated heterocycles. The number of fused-ring (bicyclic) bond motifs is 7. The molecule has 0 unspecified atom stereocenters. The van der Waals surface area contributed by atoms with Crippen LogP contribution in [0, 0.1) is 6.92 Å². The average Bonchev–Trinajstić information content (AvgIpc) is 1.70. The highest BCUT2D eigenvalue weighted by Crippen LogP contribution is 2.27. The van der Waals surface area contributed by atoms with Gasteiger partial charge < -0.3 is 4.42 Å². The van der Waals surface area contributed by atoms with E-state index in [4.69, 9.17) is 4.42 Å². The van der Waals surface area contributed by atoms with Gasteiger partial charge in [0.15, 0.2) is 92.6 Å². The first-order valence-corrected chi connectivity index (χ1v) is 47.0. The van der Waals surface area contributed by atoms with Crippen LogP contribution in [0.4, 0.5) is 0 Å². The minimum absolute atomic E-state index is 0.00758. The van der Waals surface area contributed by atoms with Crippen molar-refractivity contribution in [2.45, 2.75) is 96.8 Å². The van der Waals surface area contributed by atoms with Gasteiger partial charge in [0, 0.05) is 176 Å². The first kappa shape index (κ1) is 101. The van der Waals surface area contributed by atoms with Crippen LogP contribution in [0.15, 0.2) is 320 Å². The molecule has 0 bridgehead atoms. The summed E-state index contributed by atoms with van der Waals surface area (Å²) in [6, 6.07) is 79.7. The number of hydrogen-bond donors (Lipinski definition) is 7. The van der Waals surface area contributed by atoms with Crippen molar-refractivity contribution in [3.63, 3.8) is 0 Å². The summed E-state index contributed by atoms with van der Waals surface area (Å²) in [6.45, 7) is 1.97. The number of carbonyl (C=O) groups excluding carboxylic acids is 14. The third-order valence-corrected chi connectivity index (χ3v) is 23.7. The summed E-state index contributed by atoms with van der Waals surface area (Å²) in [5.74, 6) is -1.41. The predicted molar refractivity (Wildman–Crippen MR) is 545 cm³/mol. The van der Waals surface area contributed by atoms with E-state index in [1.807, 2.05) is 200 Å². The zero-order chi connectivity index (χ0) is 102. The average molecular weight is 1960 g/mol. The molecule has 0 aliphatic carbocycles. The number of aromatic amines is 7. The number of thiophene rings is 1. The van der Waals surface area contributed by atoms with Gasteiger partial charge in [0.05, 0.1) is 49.8 Å². The van der Waals surface area contributed by atoms with Gasteiger partial charge in [-0.05, 0) is 115 Å². The van der Waals surface area contributed by atoms with Crippen LogP contribution in [-0.4, -0.2) is 182 Å². The Labute approximate surface area is 833 Å². The molecule has 0 aliphatic rings. The lowest BCUT2D eigenvalue weighted by atomic mass is 10.0. The van der Waals surface area contributed by atoms with Crippen molar-refractivity contribution < 1.29 is 71.5 Å². The lowest BCUT2D eigenvalue weighted by Crippen LogP contribution is -2.08. The van der Waals surface area contributed by atoms with E-state index in [0.717, 1.165) is 81.9 Å². The predicted octanol–water partition coefficient (Wildman–Crippen LogP) is 20.2. The zero-order valence-electron chi connectivity index (χ0n) is 78.3. The third-order valence-electron chi connectivity index (χ3n) is 22.8. The van der Waals surface area contributed by atoms with Gasteiger partial charge in [-0.25, -0.2) is 9.97 Å². The Bertz CT molecular complexity index is 7540. The molecule has 726 valence electrons. The summed E-state index contributed by atoms with van der Waals surface area (Å²) in [5, 5.41) is 62.8. The SMILES string of the molecule is Cc1ccc(C(=O)CCC(=O)c2n[nH]c3ccccc23)cc1.O=C(CCC(=O)c1n[nH]c2ccccc12)c1ccccn1.O=C(CCC(=O)c1n[nH]c2ccccc12)c1cccnc1.O=C(CCC(=O)c1n[nH]c2ccccc12)c1cccnn1.O=C(CCC(=O)c1n[nH]c2ccccc12)c1ccco1.O=C(CCC(=O)c1n[nH]c2ccccc12)c1cccs1.O=C(CCC(=O)c1n[nH]c2ccccc12)c1ncccn1. The topological polar surface area (TPSA) is 530 Å². The van der Waals surface area contributed by atoms with Crippen LogP contribution >= 0.6 is 11.3 Å². The Morgan fingerprint density at radius 2 is 0.575 bits per heavy atom. The van der Waals surface area contributed by atoms with Gasteiger partial charge in [-0.1, -0.05) is 169 Å². The molecule has 0 atom stereocenters. The van der Waals surface area contributed by atoms with Crippen molar-refractivity contribution in [1.29, 1.82) is 0 Å². The minimum atomic E-state index is -0.246. The molecule has 35 nitrogen and oxygen atoms in total. The molecule has 7 N–H and O–H groups in total. The van der Waals surface area contributed by atoms with Gasteiger partial charge in [0.1, 0.15) is 51.2 Å². The molecular weight excluding hydrogens is 1870 g/mol. The van der Waals surface area contributed by atoms with Gasteiger partial charge in [0.2, 0.25) is 0 Å². The van der Waals surface area contributed by atoms with E-state index >= 15 is 0 Å². The largest absolute Gasteiger partial charge is 0.461 e. The number of Topliss-reactive ketones (excluding diaryl/α,β-unsaturated/α-hetero) is 14. The van der Waals surface area contributed by atoms with Crippen molar-refractivity contribution in [2.75, 3.05) is 0 Å². The molecule has 0 amide bonds. The van der Waals surface area contributed by atoms with E-state index in [-0.39, 0.29) is 188 Å². The molecule has 0 aliphatic heterocycles. The lowest BCUT2D eigenvalue weighted by molar-refractivity contribution is 0.0901. The maximum Gasteiger partial charge on any atom is 0.200 e. The fourth-order valence-corrected chi connectivity index (χ4v) is 15.8. The van der Waals surface area contributed by atoms with E-state index in [2.05, 4.69) is 102 Å². The van der Waals surface area contributed by atoms with Gasteiger partial charge in [-0.3, -0.25) is 113 Å². The number of hydrogen-bond acceptors (Lipinski definition) is 29. The first-order chi connectivity index (χ1) is 71.2. The highest BCUT2D eigenvalue weighted by molar-refractivity contribution is 7.12. The number of rotatable bonds is 35. The smallest absolute Gasteiger partial charge is 0.200 e. The molecular formula is C110H90N20O15S. The van der Waals surface area contributed by atoms with Crippen molar-refractivity contribution in [3.05, 3.63) is 400 Å². The number of furan rings is 1. The molecule has 13 aromatic heterocycles. The fraction of sp³-hybridized carbons (Fsp3) is 0.136. The minimum Gasteiger partial charge on any atom is -0.461 e. The second-order valence-electron chi connectivity index (χ2n) is 32.7. The number of pyridine rings is 2. The molecule has 13 heterocycles. The Morgan fingerprint density at radius 1 is 0.253 bits per heavy atom. The molecule has 146 heavy (non-hydrogen) atoms. The van der Waals surface area contributed by atoms with Gasteiger partial charge in [-0.15, -0.1) is 16.4 Å². The summed E-state index contributed by atoms with van der Waals surface area (Å²) in [5.41, 5.74) is 11.4. The fourth-order valence-electron chi connectivity index (χ4n) is 15.1. The second-order valence-corrected chi connectivity index (χ2v) is 33.7. The van der Waals surface area contributed by atoms with Crippen molar-refractivity contribution in [2.24, 2.45) is 0 Å². The number of aromatic nitrogens is 20. The molecule has 36 heteroatoms. The number of nitrogens with one attached hydrogen (secondary N) is 7. The van der Waals surface area contributed by atoms with Gasteiger partial charge in [-0.2, -0.15) is 40.8 Å². The summed E-state index contributed by atoms with van der Waals surface area (Å²) in [6.07, 6.45) is 12.6. The molecule has 0 fully saturated rings. The Morgan fingerprint density at radius 3 is 0.911 bits per heavy atom. The number of ketones is 14. The van der Waals surface area contributed by atoms with Crippen LogP contribution in [0.5, 0.6) is 0 Å². The molecule has 21 aromatic rings. The first-order valence-electron chi connectivity index (χ1n) is 46.1. The van der Waals surface area contributed by atoms with Crippen LogP contribution in [0.1, 0.15) is 241 Å². The quantitative estimate of drug-likeness (QED) is 0.0181. The Hall–Kier alpha value is -19.1. The van der Waals surface area contributed by atoms with E-state index < -0.39 is 0 Å². The van der Waals surface area contributed by atoms with E-state index in [9.17, 15) is 67.1 Å². The lowest BCUT2D eigenvalue weighted by Gasteiger charge is -2.01. The van der Waals surface area contributed by atoms with Crippen molar-refractivity contribution >= 4 is 169 Å². The van der Waals surface area contributed by atoms with E-state index in [1.165, 1.54) is 42.4 Å². The summed E-state index contributed by atoms with van der Waals surface area (Å²) in [7, 11) is 0. The van der Waals surface area contributed by atoms with Crippen LogP contribution in [0.3, 0.4) is 0 Å². The Balaban J connectivity index is 0.000000128. The van der Waals surface area contributed by atoms with E-state index in [0.29, 0.717) is 61.6 Å². The van der Waals surface area contributed by atoms with Gasteiger partial charge >= 0.3 is 0 Å². The molecule has 21 rings (SSSR count). The summed E-state index contributed by atoms with van der Waals surface area (Å²) >= 11 is 1.40. The second kappa shape index (κ2) is 50.1. The van der Waals surface area contributed by atoms with E-state index in [1.54, 1.807) is 91.3 Å². The Kier molecular flexibility index (Phi) is 34.8. The molecule has 0 spiro atoms. The highest BCUT2D eigenvalue weighted by atomic mass is 32.1. The van der Waals surface area contributed by atoms with Crippen molar-refractivity contribution in [3.8, 4) is 0 Å². The summed E-state index contributed by atoms with van der Waals surface area (Å²) in [4.78, 5) is 185. The maximum absolute atomic E-state index is 12.3. The standard InChI is InChI=1S/C18H16N2O2.2C16H13N3O2.2C15H12N4O2.C15H12N2O3.C15H12N2O2S/c1-12-6-8-13(9-7-12)16(21)10-11-17(22)18-14-4-2-3-5-15(14)19-20-18;20-14(11-4-3-9-17-10-11)7-8-15(21)16-12-5-1-2-6-13(12)18-19-16;20-14(13-7-3-4-10-17-13)8-9-15(21)16-11-5-1-2-6-12(11)18-19-16;20-12(6-7-13(21)15-16-8-3-9-17-15)14-10-4-1-2-5-11(10)18-19-14;20-13(12-6-3-9-16-17-12)7-8-14(21)15-10-4-1-2-5-11(10)18-19-15;2*18-12(14-6-3-9-20-14)7-8-13(19)15-10-4-1-2-5-11(10)16-17-15/h2-9H,10-11H2,1H3,(H,19,20);1-6,9-10H,7-8H2,(H,18,19);1-7,10H,8-9H2,(H,18,19);1-5,8-9H,6-7H2,(H,18,19);1-6,9H,7-8H2,(H,18,19);2*1-6,9H,7-8H2,(H,16,17). The van der Waals surface area contributed by atoms with Crippen LogP contribution in [0.2, 0.25) is 0 Å². The molecule has 0 radical (unpaired) electrons. The zero-order valence-corrected chi connectivity index (χ0v) is 79.1. The van der Waals surface area contributed by atoms with Crippen LogP contribution < -0.4 is 0 Å². The summed E-state index contributed by atoms with van der Waals surface area (Å²) < 4.78 is 5.01. The monoisotopic (exact) mass is 1960 g/mol. The number of para-hydroxylation sites is 7. The number of nitrogens with zero attached hydrogens (tertiary/aromatic N) is 13. The number of H-pyrrole nitrogens is 7. The number of benzene rings is 8. The van der Waals surface area contributed by atoms with Gasteiger partial charge in [0.25, 0.3) is 0 Å². The normalized spacial score (nSPS) is 10.7. The molecule has 0 saturated carbocycles.